The number of fused-ring (bicyclic) bond motifs is 2. The Balaban J connectivity index is 1.92. The second-order valence-electron chi connectivity index (χ2n) is 5.81. The number of nitrogens with zero attached hydrogens (tertiary/aromatic N) is 1. The van der Waals surface area contributed by atoms with Crippen molar-refractivity contribution in [2.24, 2.45) is 5.73 Å². The maximum Gasteiger partial charge on any atom is 0.0374 e. The summed E-state index contributed by atoms with van der Waals surface area (Å²) in [6, 6.07) is 8.47. The van der Waals surface area contributed by atoms with E-state index in [1.165, 1.54) is 35.0 Å². The Morgan fingerprint density at radius 1 is 1.22 bits per heavy atom. The Kier molecular flexibility index (Phi) is 3.37. The molecule has 0 radical (unpaired) electrons. The van der Waals surface area contributed by atoms with Gasteiger partial charge in [0, 0.05) is 28.3 Å². The first-order chi connectivity index (χ1) is 8.65. The number of piperidine rings is 2. The van der Waals surface area contributed by atoms with Crippen LogP contribution in [-0.2, 0) is 0 Å². The summed E-state index contributed by atoms with van der Waals surface area (Å²) in [6.07, 6.45) is 6.30. The first kappa shape index (κ1) is 12.5. The second kappa shape index (κ2) is 4.86. The molecule has 2 bridgehead atoms. The zero-order valence-corrected chi connectivity index (χ0v) is 12.5. The van der Waals surface area contributed by atoms with E-state index in [9.17, 15) is 0 Å². The molecule has 2 fully saturated rings. The number of hydrogen-bond donors (Lipinski definition) is 1. The van der Waals surface area contributed by atoms with Crippen LogP contribution in [0, 0.1) is 6.92 Å². The van der Waals surface area contributed by atoms with Crippen molar-refractivity contribution < 1.29 is 0 Å². The molecule has 2 heterocycles. The van der Waals surface area contributed by atoms with Crippen molar-refractivity contribution in [1.29, 1.82) is 0 Å². The maximum atomic E-state index is 6.19. The Hall–Kier alpha value is -0.540. The highest BCUT2D eigenvalue weighted by Crippen LogP contribution is 2.38. The molecule has 0 spiro atoms. The van der Waals surface area contributed by atoms with Crippen LogP contribution >= 0.6 is 15.9 Å². The fourth-order valence-corrected chi connectivity index (χ4v) is 3.88. The van der Waals surface area contributed by atoms with E-state index in [-0.39, 0.29) is 0 Å². The normalized spacial score (nSPS) is 31.5. The van der Waals surface area contributed by atoms with Crippen LogP contribution in [0.3, 0.4) is 0 Å². The number of anilines is 1. The van der Waals surface area contributed by atoms with Crippen LogP contribution in [0.15, 0.2) is 22.7 Å². The van der Waals surface area contributed by atoms with E-state index in [0.29, 0.717) is 18.1 Å². The lowest BCUT2D eigenvalue weighted by Gasteiger charge is -2.49. The van der Waals surface area contributed by atoms with Crippen LogP contribution in [0.5, 0.6) is 0 Å². The highest BCUT2D eigenvalue weighted by atomic mass is 79.9. The van der Waals surface area contributed by atoms with Crippen LogP contribution < -0.4 is 10.6 Å². The number of aryl methyl sites for hydroxylation is 1. The minimum absolute atomic E-state index is 0.410. The monoisotopic (exact) mass is 308 g/mol. The lowest BCUT2D eigenvalue weighted by molar-refractivity contribution is 0.271. The Bertz CT molecular complexity index is 432. The van der Waals surface area contributed by atoms with Gasteiger partial charge in [-0.3, -0.25) is 0 Å². The van der Waals surface area contributed by atoms with Crippen molar-refractivity contribution in [3.63, 3.8) is 0 Å². The molecule has 1 aromatic carbocycles. The Morgan fingerprint density at radius 3 is 2.50 bits per heavy atom. The molecule has 18 heavy (non-hydrogen) atoms. The van der Waals surface area contributed by atoms with Gasteiger partial charge >= 0.3 is 0 Å². The van der Waals surface area contributed by atoms with E-state index in [0.717, 1.165) is 12.8 Å². The molecule has 2 aliphatic rings. The Morgan fingerprint density at radius 2 is 1.89 bits per heavy atom. The third-order valence-corrected chi connectivity index (χ3v) is 5.34. The molecule has 2 nitrogen and oxygen atoms in total. The minimum atomic E-state index is 0.410. The summed E-state index contributed by atoms with van der Waals surface area (Å²) in [5.74, 6) is 0. The van der Waals surface area contributed by atoms with E-state index in [1.54, 1.807) is 0 Å². The van der Waals surface area contributed by atoms with Gasteiger partial charge in [-0.2, -0.15) is 0 Å². The van der Waals surface area contributed by atoms with Gasteiger partial charge in [0.1, 0.15) is 0 Å². The van der Waals surface area contributed by atoms with Gasteiger partial charge in [-0.15, -0.1) is 0 Å². The average Bonchev–Trinajstić information content (AvgIpc) is 2.32. The van der Waals surface area contributed by atoms with Crippen molar-refractivity contribution in [3.8, 4) is 0 Å². The third-order valence-electron chi connectivity index (χ3n) is 4.45. The molecule has 98 valence electrons. The summed E-state index contributed by atoms with van der Waals surface area (Å²) < 4.78 is 1.20. The fraction of sp³-hybridized carbons (Fsp3) is 0.600. The molecule has 0 aromatic heterocycles. The lowest BCUT2D eigenvalue weighted by atomic mass is 9.81. The van der Waals surface area contributed by atoms with E-state index < -0.39 is 0 Å². The highest BCUT2D eigenvalue weighted by Gasteiger charge is 2.37. The highest BCUT2D eigenvalue weighted by molar-refractivity contribution is 9.10. The van der Waals surface area contributed by atoms with Crippen molar-refractivity contribution >= 4 is 21.6 Å². The minimum Gasteiger partial charge on any atom is -0.365 e. The number of hydrogen-bond acceptors (Lipinski definition) is 2. The molecule has 0 aliphatic carbocycles. The lowest BCUT2D eigenvalue weighted by Crippen LogP contribution is -2.55. The molecule has 2 atom stereocenters. The van der Waals surface area contributed by atoms with Crippen molar-refractivity contribution in [2.45, 2.75) is 57.2 Å². The maximum absolute atomic E-state index is 6.19. The summed E-state index contributed by atoms with van der Waals surface area (Å²) in [6.45, 7) is 2.17. The fourth-order valence-electron chi connectivity index (χ4n) is 3.63. The second-order valence-corrected chi connectivity index (χ2v) is 6.67. The van der Waals surface area contributed by atoms with Gasteiger partial charge in [0.25, 0.3) is 0 Å². The van der Waals surface area contributed by atoms with Gasteiger partial charge in [-0.05, 0) is 62.8 Å². The molecule has 2 N–H and O–H groups in total. The van der Waals surface area contributed by atoms with Crippen molar-refractivity contribution in [1.82, 2.24) is 0 Å². The van der Waals surface area contributed by atoms with Gasteiger partial charge in [-0.25, -0.2) is 0 Å². The molecule has 3 rings (SSSR count). The van der Waals surface area contributed by atoms with Crippen molar-refractivity contribution in [3.05, 3.63) is 28.2 Å². The van der Waals surface area contributed by atoms with Crippen LogP contribution in [-0.4, -0.2) is 18.1 Å². The van der Waals surface area contributed by atoms with Gasteiger partial charge < -0.3 is 10.6 Å². The SMILES string of the molecule is Cc1cc(N2C3CCCC2CC(N)C3)ccc1Br. The molecule has 2 saturated heterocycles. The molecule has 2 unspecified atom stereocenters. The molecular weight excluding hydrogens is 288 g/mol. The van der Waals surface area contributed by atoms with E-state index in [2.05, 4.69) is 46.0 Å². The first-order valence-electron chi connectivity index (χ1n) is 6.95. The van der Waals surface area contributed by atoms with Crippen LogP contribution in [0.25, 0.3) is 0 Å². The van der Waals surface area contributed by atoms with Gasteiger partial charge in [0.2, 0.25) is 0 Å². The van der Waals surface area contributed by atoms with Crippen LogP contribution in [0.1, 0.15) is 37.7 Å². The number of benzene rings is 1. The van der Waals surface area contributed by atoms with Gasteiger partial charge in [0.05, 0.1) is 0 Å². The molecule has 0 saturated carbocycles. The molecule has 0 amide bonds. The quantitative estimate of drug-likeness (QED) is 0.859. The Labute approximate surface area is 118 Å². The zero-order chi connectivity index (χ0) is 12.7. The van der Waals surface area contributed by atoms with Crippen LogP contribution in [0.4, 0.5) is 5.69 Å². The average molecular weight is 309 g/mol. The predicted octanol–water partition coefficient (Wildman–Crippen LogP) is 3.61. The summed E-state index contributed by atoms with van der Waals surface area (Å²) in [5.41, 5.74) is 8.89. The molecule has 3 heteroatoms. The molecule has 2 aliphatic heterocycles. The smallest absolute Gasteiger partial charge is 0.0374 e. The first-order valence-corrected chi connectivity index (χ1v) is 7.74. The summed E-state index contributed by atoms with van der Waals surface area (Å²) in [4.78, 5) is 2.65. The number of rotatable bonds is 1. The van der Waals surface area contributed by atoms with Crippen molar-refractivity contribution in [2.75, 3.05) is 4.90 Å². The summed E-state index contributed by atoms with van der Waals surface area (Å²) in [7, 11) is 0. The predicted molar refractivity (Wildman–Crippen MR) is 80.0 cm³/mol. The van der Waals surface area contributed by atoms with E-state index in [1.807, 2.05) is 0 Å². The number of nitrogens with two attached hydrogens (primary N) is 1. The van der Waals surface area contributed by atoms with E-state index >= 15 is 0 Å². The molecular formula is C15H21BrN2. The third kappa shape index (κ3) is 2.19. The standard InChI is InChI=1S/C15H21BrN2/c1-10-7-14(5-6-15(10)16)18-12-3-2-4-13(18)9-11(17)8-12/h5-7,11-13H,2-4,8-9,17H2,1H3. The zero-order valence-electron chi connectivity index (χ0n) is 10.9. The summed E-state index contributed by atoms with van der Waals surface area (Å²) >= 11 is 3.59. The topological polar surface area (TPSA) is 29.3 Å². The van der Waals surface area contributed by atoms with E-state index in [4.69, 9.17) is 5.73 Å². The van der Waals surface area contributed by atoms with Crippen LogP contribution in [0.2, 0.25) is 0 Å². The number of halogens is 1. The largest absolute Gasteiger partial charge is 0.365 e. The van der Waals surface area contributed by atoms with Gasteiger partial charge in [-0.1, -0.05) is 15.9 Å². The molecule has 1 aromatic rings. The van der Waals surface area contributed by atoms with Gasteiger partial charge in [0.15, 0.2) is 0 Å². The summed E-state index contributed by atoms with van der Waals surface area (Å²) in [5, 5.41) is 0.